The molecule has 0 spiro atoms. The predicted octanol–water partition coefficient (Wildman–Crippen LogP) is 4.31. The number of nitrogens with one attached hydrogen (secondary N) is 1. The van der Waals surface area contributed by atoms with Gasteiger partial charge in [0, 0.05) is 32.5 Å². The van der Waals surface area contributed by atoms with E-state index in [9.17, 15) is 4.79 Å². The number of amides is 1. The highest BCUT2D eigenvalue weighted by molar-refractivity contribution is 5.84. The summed E-state index contributed by atoms with van der Waals surface area (Å²) in [6.07, 6.45) is 12.2. The summed E-state index contributed by atoms with van der Waals surface area (Å²) in [5.41, 5.74) is 3.29. The molecular weight excluding hydrogens is 358 g/mol. The molecule has 1 aromatic carbocycles. The number of hydrogen-bond acceptors (Lipinski definition) is 3. The highest BCUT2D eigenvalue weighted by atomic mass is 16.2. The number of benzene rings is 1. The highest BCUT2D eigenvalue weighted by Crippen LogP contribution is 2.38. The van der Waals surface area contributed by atoms with Gasteiger partial charge >= 0.3 is 0 Å². The van der Waals surface area contributed by atoms with Gasteiger partial charge in [-0.2, -0.15) is 0 Å². The first-order chi connectivity index (χ1) is 14.2. The van der Waals surface area contributed by atoms with Crippen LogP contribution in [0.1, 0.15) is 44.1 Å². The smallest absolute Gasteiger partial charge is 0.227 e. The van der Waals surface area contributed by atoms with Crippen molar-refractivity contribution in [1.29, 1.82) is 0 Å². The van der Waals surface area contributed by atoms with Crippen molar-refractivity contribution in [2.45, 2.75) is 44.9 Å². The van der Waals surface area contributed by atoms with Crippen molar-refractivity contribution in [2.75, 3.05) is 26.7 Å². The molecule has 2 heterocycles. The minimum Gasteiger partial charge on any atom is -0.359 e. The number of aromatic nitrogens is 1. The number of carbonyl (C=O) groups is 1. The highest BCUT2D eigenvalue weighted by Gasteiger charge is 2.44. The van der Waals surface area contributed by atoms with Crippen molar-refractivity contribution in [2.24, 2.45) is 11.3 Å². The van der Waals surface area contributed by atoms with Crippen molar-refractivity contribution >= 4 is 5.91 Å². The average molecular weight is 392 g/mol. The number of pyridine rings is 1. The summed E-state index contributed by atoms with van der Waals surface area (Å²) < 4.78 is 0. The van der Waals surface area contributed by atoms with Gasteiger partial charge in [0.25, 0.3) is 0 Å². The normalized spacial score (nSPS) is 23.2. The average Bonchev–Trinajstić information content (AvgIpc) is 3.18. The molecule has 0 radical (unpaired) electrons. The summed E-state index contributed by atoms with van der Waals surface area (Å²) >= 11 is 0. The Kier molecular flexibility index (Phi) is 6.29. The number of likely N-dealkylation sites (tertiary alicyclic amines) is 1. The van der Waals surface area contributed by atoms with Crippen LogP contribution in [-0.4, -0.2) is 42.5 Å². The summed E-state index contributed by atoms with van der Waals surface area (Å²) in [5, 5.41) is 2.98. The molecule has 0 bridgehead atoms. The first kappa shape index (κ1) is 20.1. The minimum atomic E-state index is -0.341. The minimum absolute atomic E-state index is 0.188. The Labute approximate surface area is 174 Å². The van der Waals surface area contributed by atoms with E-state index < -0.39 is 0 Å². The molecule has 1 saturated carbocycles. The van der Waals surface area contributed by atoms with Gasteiger partial charge in [0.15, 0.2) is 0 Å². The van der Waals surface area contributed by atoms with Gasteiger partial charge < -0.3 is 10.2 Å². The lowest BCUT2D eigenvalue weighted by Crippen LogP contribution is -2.43. The van der Waals surface area contributed by atoms with Gasteiger partial charge in [-0.05, 0) is 67.0 Å². The van der Waals surface area contributed by atoms with Crippen molar-refractivity contribution in [1.82, 2.24) is 15.2 Å². The maximum Gasteiger partial charge on any atom is 0.227 e. The van der Waals surface area contributed by atoms with Crippen LogP contribution in [0.2, 0.25) is 0 Å². The van der Waals surface area contributed by atoms with E-state index in [1.165, 1.54) is 48.8 Å². The van der Waals surface area contributed by atoms with Crippen LogP contribution in [0.15, 0.2) is 48.8 Å². The van der Waals surface area contributed by atoms with E-state index in [0.717, 1.165) is 38.4 Å². The second kappa shape index (κ2) is 9.08. The number of nitrogens with zero attached hydrogens (tertiary/aromatic N) is 2. The Hall–Kier alpha value is -2.20. The molecule has 2 aliphatic rings. The largest absolute Gasteiger partial charge is 0.359 e. The SMILES string of the molecule is CNC(=O)[C@@]1(Cc2ccccc2-c2ccncc2)CCN(CC2CCCCC2)C1. The maximum absolute atomic E-state index is 13.1. The van der Waals surface area contributed by atoms with Crippen LogP contribution in [0.25, 0.3) is 11.1 Å². The first-order valence-corrected chi connectivity index (χ1v) is 11.1. The third-order valence-electron chi connectivity index (χ3n) is 6.92. The van der Waals surface area contributed by atoms with Gasteiger partial charge in [-0.1, -0.05) is 43.5 Å². The fourth-order valence-electron chi connectivity index (χ4n) is 5.38. The van der Waals surface area contributed by atoms with Gasteiger partial charge in [0.2, 0.25) is 5.91 Å². The van der Waals surface area contributed by atoms with E-state index >= 15 is 0 Å². The third kappa shape index (κ3) is 4.53. The lowest BCUT2D eigenvalue weighted by atomic mass is 9.78. The van der Waals surface area contributed by atoms with Gasteiger partial charge in [-0.3, -0.25) is 9.78 Å². The van der Waals surface area contributed by atoms with E-state index in [2.05, 4.69) is 51.6 Å². The topological polar surface area (TPSA) is 45.2 Å². The zero-order chi connectivity index (χ0) is 20.1. The molecule has 29 heavy (non-hydrogen) atoms. The van der Waals surface area contributed by atoms with Crippen molar-refractivity contribution < 1.29 is 4.79 Å². The van der Waals surface area contributed by atoms with Gasteiger partial charge in [0.1, 0.15) is 0 Å². The van der Waals surface area contributed by atoms with E-state index in [-0.39, 0.29) is 11.3 Å². The van der Waals surface area contributed by atoms with Crippen LogP contribution < -0.4 is 5.32 Å². The van der Waals surface area contributed by atoms with Crippen molar-refractivity contribution in [3.05, 3.63) is 54.4 Å². The summed E-state index contributed by atoms with van der Waals surface area (Å²) in [4.78, 5) is 19.8. The molecule has 1 atom stereocenters. The Balaban J connectivity index is 1.55. The first-order valence-electron chi connectivity index (χ1n) is 11.1. The molecule has 1 amide bonds. The molecular formula is C25H33N3O. The van der Waals surface area contributed by atoms with E-state index in [1.54, 1.807) is 7.05 Å². The Morgan fingerprint density at radius 1 is 1.14 bits per heavy atom. The standard InChI is InChI=1S/C25H33N3O/c1-26-24(29)25(13-16-28(19-25)18-20-7-3-2-4-8-20)17-22-9-5-6-10-23(22)21-11-14-27-15-12-21/h5-6,9-12,14-15,20H,2-4,7-8,13,16-19H2,1H3,(H,26,29)/t25-/m1/s1. The summed E-state index contributed by atoms with van der Waals surface area (Å²) in [7, 11) is 1.78. The van der Waals surface area contributed by atoms with Crippen LogP contribution >= 0.6 is 0 Å². The number of hydrogen-bond donors (Lipinski definition) is 1. The fourth-order valence-corrected chi connectivity index (χ4v) is 5.38. The Bertz CT molecular complexity index is 816. The monoisotopic (exact) mass is 391 g/mol. The molecule has 1 aliphatic heterocycles. The molecule has 154 valence electrons. The van der Waals surface area contributed by atoms with Crippen LogP contribution in [0.4, 0.5) is 0 Å². The molecule has 0 unspecified atom stereocenters. The Morgan fingerprint density at radius 3 is 2.66 bits per heavy atom. The van der Waals surface area contributed by atoms with Crippen LogP contribution in [0.5, 0.6) is 0 Å². The van der Waals surface area contributed by atoms with Gasteiger partial charge in [0.05, 0.1) is 5.41 Å². The predicted molar refractivity (Wildman–Crippen MR) is 118 cm³/mol. The van der Waals surface area contributed by atoms with E-state index in [1.807, 2.05) is 12.4 Å². The zero-order valence-corrected chi connectivity index (χ0v) is 17.6. The second-order valence-corrected chi connectivity index (χ2v) is 8.92. The molecule has 4 rings (SSSR count). The quantitative estimate of drug-likeness (QED) is 0.798. The molecule has 4 heteroatoms. The molecule has 1 aliphatic carbocycles. The summed E-state index contributed by atoms with van der Waals surface area (Å²) in [5.74, 6) is 1.00. The summed E-state index contributed by atoms with van der Waals surface area (Å²) in [6, 6.07) is 12.6. The maximum atomic E-state index is 13.1. The molecule has 2 fully saturated rings. The molecule has 1 aromatic heterocycles. The van der Waals surface area contributed by atoms with Crippen molar-refractivity contribution in [3.8, 4) is 11.1 Å². The lowest BCUT2D eigenvalue weighted by molar-refractivity contribution is -0.130. The molecule has 1 N–H and O–H groups in total. The number of rotatable bonds is 6. The fraction of sp³-hybridized carbons (Fsp3) is 0.520. The van der Waals surface area contributed by atoms with E-state index in [4.69, 9.17) is 0 Å². The van der Waals surface area contributed by atoms with Crippen LogP contribution in [-0.2, 0) is 11.2 Å². The summed E-state index contributed by atoms with van der Waals surface area (Å²) in [6.45, 7) is 3.06. The zero-order valence-electron chi connectivity index (χ0n) is 17.6. The van der Waals surface area contributed by atoms with Crippen molar-refractivity contribution in [3.63, 3.8) is 0 Å². The third-order valence-corrected chi connectivity index (χ3v) is 6.92. The molecule has 4 nitrogen and oxygen atoms in total. The number of carbonyl (C=O) groups excluding carboxylic acids is 1. The second-order valence-electron chi connectivity index (χ2n) is 8.92. The Morgan fingerprint density at radius 2 is 1.90 bits per heavy atom. The van der Waals surface area contributed by atoms with Crippen LogP contribution in [0.3, 0.4) is 0 Å². The molecule has 2 aromatic rings. The van der Waals surface area contributed by atoms with Gasteiger partial charge in [-0.25, -0.2) is 0 Å². The molecule has 1 saturated heterocycles. The lowest BCUT2D eigenvalue weighted by Gasteiger charge is -2.31. The van der Waals surface area contributed by atoms with E-state index in [0.29, 0.717) is 0 Å². The van der Waals surface area contributed by atoms with Gasteiger partial charge in [-0.15, -0.1) is 0 Å². The van der Waals surface area contributed by atoms with Crippen LogP contribution in [0, 0.1) is 11.3 Å².